The molecule has 1 aromatic carbocycles. The third-order valence-corrected chi connectivity index (χ3v) is 8.19. The molecule has 1 aromatic heterocycles. The lowest BCUT2D eigenvalue weighted by Crippen LogP contribution is -2.50. The molecule has 3 unspecified atom stereocenters. The number of aromatic nitrogens is 2. The van der Waals surface area contributed by atoms with Gasteiger partial charge in [0, 0.05) is 57.9 Å². The van der Waals surface area contributed by atoms with Crippen molar-refractivity contribution in [2.75, 3.05) is 44.2 Å². The lowest BCUT2D eigenvalue weighted by molar-refractivity contribution is -0.0348. The number of anilines is 1. The second kappa shape index (κ2) is 12.3. The second-order valence-corrected chi connectivity index (χ2v) is 10.7. The van der Waals surface area contributed by atoms with E-state index in [1.165, 1.54) is 35.2 Å². The van der Waals surface area contributed by atoms with Crippen molar-refractivity contribution in [3.8, 4) is 0 Å². The van der Waals surface area contributed by atoms with E-state index in [0.29, 0.717) is 6.04 Å². The van der Waals surface area contributed by atoms with Gasteiger partial charge in [0.2, 0.25) is 5.95 Å². The van der Waals surface area contributed by atoms with Crippen LogP contribution in [-0.2, 0) is 19.3 Å². The molecular formula is C29H45N5O. The molecule has 6 nitrogen and oxygen atoms in total. The quantitative estimate of drug-likeness (QED) is 0.585. The third-order valence-electron chi connectivity index (χ3n) is 8.19. The number of piperazine rings is 1. The molecular weight excluding hydrogens is 434 g/mol. The van der Waals surface area contributed by atoms with Crippen LogP contribution in [0.15, 0.2) is 30.5 Å². The topological polar surface area (TPSA) is 55.7 Å². The van der Waals surface area contributed by atoms with Crippen molar-refractivity contribution in [3.05, 3.63) is 52.8 Å². The molecule has 2 aliphatic rings. The molecule has 3 heterocycles. The lowest BCUT2D eigenvalue weighted by Gasteiger charge is -2.38. The Balaban J connectivity index is 1.31. The van der Waals surface area contributed by atoms with E-state index in [0.717, 1.165) is 70.9 Å². The number of aliphatic hydroxyl groups is 1. The van der Waals surface area contributed by atoms with Gasteiger partial charge in [-0.25, -0.2) is 9.97 Å². The normalized spacial score (nSPS) is 20.2. The van der Waals surface area contributed by atoms with E-state index in [2.05, 4.69) is 66.7 Å². The van der Waals surface area contributed by atoms with Gasteiger partial charge in [-0.2, -0.15) is 0 Å². The average molecular weight is 480 g/mol. The molecule has 192 valence electrons. The Labute approximate surface area is 212 Å². The van der Waals surface area contributed by atoms with E-state index >= 15 is 0 Å². The number of hydrogen-bond donors (Lipinski definition) is 1. The highest BCUT2D eigenvalue weighted by atomic mass is 16.3. The van der Waals surface area contributed by atoms with Gasteiger partial charge >= 0.3 is 0 Å². The Hall–Kier alpha value is -2.02. The summed E-state index contributed by atoms with van der Waals surface area (Å²) in [6.45, 7) is 14.8. The first-order chi connectivity index (χ1) is 17.0. The van der Waals surface area contributed by atoms with Gasteiger partial charge in [-0.3, -0.25) is 9.80 Å². The highest BCUT2D eigenvalue weighted by molar-refractivity contribution is 5.35. The number of aryl methyl sites for hydroxylation is 2. The van der Waals surface area contributed by atoms with Crippen LogP contribution in [0.1, 0.15) is 62.4 Å². The molecule has 1 saturated heterocycles. The van der Waals surface area contributed by atoms with Gasteiger partial charge in [0.15, 0.2) is 0 Å². The summed E-state index contributed by atoms with van der Waals surface area (Å²) < 4.78 is 0. The van der Waals surface area contributed by atoms with Crippen LogP contribution in [0.25, 0.3) is 0 Å². The molecule has 2 aliphatic heterocycles. The lowest BCUT2D eigenvalue weighted by atomic mass is 9.96. The van der Waals surface area contributed by atoms with Gasteiger partial charge < -0.3 is 10.0 Å². The summed E-state index contributed by atoms with van der Waals surface area (Å²) in [5.41, 5.74) is 5.13. The largest absolute Gasteiger partial charge is 0.378 e. The van der Waals surface area contributed by atoms with Gasteiger partial charge in [0.05, 0.1) is 5.69 Å². The monoisotopic (exact) mass is 479 g/mol. The van der Waals surface area contributed by atoms with Gasteiger partial charge in [-0.15, -0.1) is 0 Å². The molecule has 1 N–H and O–H groups in total. The molecule has 0 spiro atoms. The van der Waals surface area contributed by atoms with E-state index in [9.17, 15) is 5.11 Å². The van der Waals surface area contributed by atoms with Crippen molar-refractivity contribution in [2.24, 2.45) is 5.92 Å². The van der Waals surface area contributed by atoms with Crippen LogP contribution in [-0.4, -0.2) is 76.4 Å². The van der Waals surface area contributed by atoms with Crippen LogP contribution >= 0.6 is 0 Å². The minimum atomic E-state index is -0.418. The summed E-state index contributed by atoms with van der Waals surface area (Å²) in [6.07, 6.45) is 7.91. The first-order valence-electron chi connectivity index (χ1n) is 13.8. The zero-order valence-corrected chi connectivity index (χ0v) is 22.3. The number of aliphatic hydroxyl groups excluding tert-OH is 1. The summed E-state index contributed by atoms with van der Waals surface area (Å²) in [5.74, 6) is 1.11. The Morgan fingerprint density at radius 1 is 0.943 bits per heavy atom. The van der Waals surface area contributed by atoms with Crippen LogP contribution in [0, 0.1) is 12.8 Å². The maximum Gasteiger partial charge on any atom is 0.225 e. The highest BCUT2D eigenvalue weighted by Crippen LogP contribution is 2.23. The van der Waals surface area contributed by atoms with Crippen LogP contribution in [0.5, 0.6) is 0 Å². The second-order valence-electron chi connectivity index (χ2n) is 10.7. The van der Waals surface area contributed by atoms with Crippen molar-refractivity contribution in [1.82, 2.24) is 19.8 Å². The summed E-state index contributed by atoms with van der Waals surface area (Å²) in [5, 5.41) is 11.1. The first kappa shape index (κ1) is 26.1. The van der Waals surface area contributed by atoms with E-state index < -0.39 is 6.23 Å². The fraction of sp³-hybridized carbons (Fsp3) is 0.655. The third kappa shape index (κ3) is 6.60. The minimum Gasteiger partial charge on any atom is -0.378 e. The molecule has 1 fully saturated rings. The van der Waals surface area contributed by atoms with E-state index in [-0.39, 0.29) is 5.92 Å². The van der Waals surface area contributed by atoms with Crippen molar-refractivity contribution >= 4 is 5.95 Å². The number of hydrogen-bond acceptors (Lipinski definition) is 6. The summed E-state index contributed by atoms with van der Waals surface area (Å²) >= 11 is 0. The van der Waals surface area contributed by atoms with Gasteiger partial charge in [0.25, 0.3) is 0 Å². The zero-order chi connectivity index (χ0) is 24.8. The molecule has 0 radical (unpaired) electrons. The fourth-order valence-electron chi connectivity index (χ4n) is 5.64. The average Bonchev–Trinajstić information content (AvgIpc) is 3.10. The Morgan fingerprint density at radius 2 is 1.69 bits per heavy atom. The predicted octanol–water partition coefficient (Wildman–Crippen LogP) is 4.08. The Bertz CT molecular complexity index is 942. The maximum absolute atomic E-state index is 11.1. The molecule has 6 heteroatoms. The Morgan fingerprint density at radius 3 is 2.43 bits per heavy atom. The zero-order valence-electron chi connectivity index (χ0n) is 22.3. The molecule has 0 aliphatic carbocycles. The standard InChI is InChI=1S/C29H45N5O/c1-5-8-24(4)32-17-19-34(20-18-32)29-30-21-26-13-15-33(16-14-27(26)31-29)28(35)23(3)11-12-25-10-7-6-9-22(25)2/h6-7,9-10,21,23-24,28,35H,5,8,11-20H2,1-4H3. The van der Waals surface area contributed by atoms with Crippen LogP contribution < -0.4 is 4.90 Å². The van der Waals surface area contributed by atoms with Crippen molar-refractivity contribution < 1.29 is 5.11 Å². The van der Waals surface area contributed by atoms with Crippen LogP contribution in [0.2, 0.25) is 0 Å². The smallest absolute Gasteiger partial charge is 0.225 e. The molecule has 35 heavy (non-hydrogen) atoms. The summed E-state index contributed by atoms with van der Waals surface area (Å²) in [4.78, 5) is 17.0. The van der Waals surface area contributed by atoms with Crippen molar-refractivity contribution in [2.45, 2.75) is 78.5 Å². The van der Waals surface area contributed by atoms with E-state index in [1.807, 2.05) is 6.20 Å². The highest BCUT2D eigenvalue weighted by Gasteiger charge is 2.27. The number of nitrogens with zero attached hydrogens (tertiary/aromatic N) is 5. The fourth-order valence-corrected chi connectivity index (χ4v) is 5.64. The number of rotatable bonds is 9. The van der Waals surface area contributed by atoms with Crippen molar-refractivity contribution in [1.29, 1.82) is 0 Å². The number of benzene rings is 1. The van der Waals surface area contributed by atoms with Gasteiger partial charge in [-0.05, 0) is 62.1 Å². The molecule has 0 bridgehead atoms. The van der Waals surface area contributed by atoms with Crippen LogP contribution in [0.3, 0.4) is 0 Å². The van der Waals surface area contributed by atoms with Crippen molar-refractivity contribution in [3.63, 3.8) is 0 Å². The van der Waals surface area contributed by atoms with E-state index in [1.54, 1.807) is 0 Å². The van der Waals surface area contributed by atoms with Gasteiger partial charge in [-0.1, -0.05) is 44.5 Å². The summed E-state index contributed by atoms with van der Waals surface area (Å²) in [7, 11) is 0. The SMILES string of the molecule is CCCC(C)N1CCN(c2ncc3c(n2)CCN(C(O)C(C)CCc2ccccc2C)CC3)CC1. The molecule has 4 rings (SSSR count). The van der Waals surface area contributed by atoms with Gasteiger partial charge in [0.1, 0.15) is 6.23 Å². The molecule has 3 atom stereocenters. The Kier molecular flexibility index (Phi) is 9.15. The molecule has 2 aromatic rings. The molecule has 0 amide bonds. The van der Waals surface area contributed by atoms with E-state index in [4.69, 9.17) is 9.97 Å². The number of fused-ring (bicyclic) bond motifs is 1. The van der Waals surface area contributed by atoms with Crippen LogP contribution in [0.4, 0.5) is 5.95 Å². The minimum absolute atomic E-state index is 0.226. The molecule has 0 saturated carbocycles. The summed E-state index contributed by atoms with van der Waals surface area (Å²) in [6, 6.07) is 9.24. The first-order valence-corrected chi connectivity index (χ1v) is 13.8. The maximum atomic E-state index is 11.1. The predicted molar refractivity (Wildman–Crippen MR) is 144 cm³/mol.